The number of allylic oxidation sites excluding steroid dienone is 1. The third-order valence-corrected chi connectivity index (χ3v) is 3.29. The van der Waals surface area contributed by atoms with E-state index in [4.69, 9.17) is 20.5 Å². The fourth-order valence-corrected chi connectivity index (χ4v) is 1.84. The number of nitrogens with two attached hydrogens (primary N) is 1. The zero-order chi connectivity index (χ0) is 13.1. The standard InChI is InChI=1S/C7H11NO7S/c1-2-3-4(5(9)10)7(8,6(11)12)16(13,14)15/h2,4H,1,3,8H2,(H,9,10)(H,11,12)(H,13,14,15). The summed E-state index contributed by atoms with van der Waals surface area (Å²) in [6.45, 7) is 3.15. The molecule has 0 saturated heterocycles. The van der Waals surface area contributed by atoms with E-state index in [1.165, 1.54) is 0 Å². The van der Waals surface area contributed by atoms with Crippen molar-refractivity contribution in [3.8, 4) is 0 Å². The van der Waals surface area contributed by atoms with E-state index in [1.807, 2.05) is 0 Å². The molecule has 5 N–H and O–H groups in total. The summed E-state index contributed by atoms with van der Waals surface area (Å²) in [6, 6.07) is 0. The summed E-state index contributed by atoms with van der Waals surface area (Å²) in [5.41, 5.74) is 4.98. The molecule has 8 nitrogen and oxygen atoms in total. The van der Waals surface area contributed by atoms with Gasteiger partial charge in [-0.25, -0.2) is 4.79 Å². The van der Waals surface area contributed by atoms with E-state index in [2.05, 4.69) is 6.58 Å². The molecular formula is C7H11NO7S. The molecule has 0 radical (unpaired) electrons. The summed E-state index contributed by atoms with van der Waals surface area (Å²) < 4.78 is 30.5. The van der Waals surface area contributed by atoms with Crippen molar-refractivity contribution < 1.29 is 32.8 Å². The van der Waals surface area contributed by atoms with Crippen molar-refractivity contribution in [1.82, 2.24) is 0 Å². The molecule has 2 unspecified atom stereocenters. The normalized spacial score (nSPS) is 17.1. The first-order valence-electron chi connectivity index (χ1n) is 3.92. The summed E-state index contributed by atoms with van der Waals surface area (Å²) >= 11 is 0. The van der Waals surface area contributed by atoms with Crippen LogP contribution in [0.25, 0.3) is 0 Å². The number of hydrogen-bond donors (Lipinski definition) is 4. The van der Waals surface area contributed by atoms with Crippen LogP contribution in [0.15, 0.2) is 12.7 Å². The van der Waals surface area contributed by atoms with Gasteiger partial charge in [-0.3, -0.25) is 9.35 Å². The zero-order valence-corrected chi connectivity index (χ0v) is 8.85. The maximum absolute atomic E-state index is 10.9. The summed E-state index contributed by atoms with van der Waals surface area (Å²) in [5.74, 6) is -5.94. The third kappa shape index (κ3) is 2.38. The molecular weight excluding hydrogens is 242 g/mol. The fourth-order valence-electron chi connectivity index (χ4n) is 1.07. The topological polar surface area (TPSA) is 155 Å². The van der Waals surface area contributed by atoms with Crippen LogP contribution in [0, 0.1) is 5.92 Å². The lowest BCUT2D eigenvalue weighted by atomic mass is 9.96. The van der Waals surface area contributed by atoms with Gasteiger partial charge < -0.3 is 15.9 Å². The van der Waals surface area contributed by atoms with E-state index in [9.17, 15) is 18.0 Å². The monoisotopic (exact) mass is 253 g/mol. The molecule has 0 spiro atoms. The molecule has 0 saturated carbocycles. The molecule has 0 rings (SSSR count). The van der Waals surface area contributed by atoms with Crippen LogP contribution in [0.3, 0.4) is 0 Å². The van der Waals surface area contributed by atoms with Crippen molar-refractivity contribution in [2.45, 2.75) is 11.3 Å². The van der Waals surface area contributed by atoms with Crippen molar-refractivity contribution >= 4 is 22.1 Å². The van der Waals surface area contributed by atoms with Crippen molar-refractivity contribution in [2.24, 2.45) is 11.7 Å². The third-order valence-electron chi connectivity index (χ3n) is 1.98. The predicted molar refractivity (Wildman–Crippen MR) is 52.0 cm³/mol. The van der Waals surface area contributed by atoms with Crippen molar-refractivity contribution in [3.05, 3.63) is 12.7 Å². The molecule has 2 atom stereocenters. The summed E-state index contributed by atoms with van der Waals surface area (Å²) in [4.78, 5) is 18.1. The van der Waals surface area contributed by atoms with Gasteiger partial charge in [0.15, 0.2) is 0 Å². The van der Waals surface area contributed by atoms with E-state index >= 15 is 0 Å². The number of carbonyl (C=O) groups is 2. The highest BCUT2D eigenvalue weighted by atomic mass is 32.2. The molecule has 0 heterocycles. The van der Waals surface area contributed by atoms with Crippen LogP contribution in [-0.2, 0) is 19.7 Å². The highest BCUT2D eigenvalue weighted by Gasteiger charge is 2.56. The second-order valence-electron chi connectivity index (χ2n) is 2.99. The lowest BCUT2D eigenvalue weighted by molar-refractivity contribution is -0.151. The molecule has 9 heteroatoms. The van der Waals surface area contributed by atoms with Gasteiger partial charge in [0.25, 0.3) is 15.0 Å². The van der Waals surface area contributed by atoms with Gasteiger partial charge in [-0.05, 0) is 6.42 Å². The zero-order valence-electron chi connectivity index (χ0n) is 8.03. The number of carboxylic acids is 2. The van der Waals surface area contributed by atoms with E-state index < -0.39 is 39.3 Å². The van der Waals surface area contributed by atoms with Crippen molar-refractivity contribution in [1.29, 1.82) is 0 Å². The molecule has 0 aliphatic carbocycles. The average Bonchev–Trinajstić information content (AvgIpc) is 2.10. The predicted octanol–water partition coefficient (Wildman–Crippen LogP) is -1.11. The molecule has 0 aromatic carbocycles. The molecule has 0 aromatic rings. The van der Waals surface area contributed by atoms with Crippen LogP contribution in [0.4, 0.5) is 0 Å². The fraction of sp³-hybridized carbons (Fsp3) is 0.429. The molecule has 16 heavy (non-hydrogen) atoms. The van der Waals surface area contributed by atoms with Gasteiger partial charge in [0.2, 0.25) is 0 Å². The minimum atomic E-state index is -5.28. The van der Waals surface area contributed by atoms with E-state index in [0.29, 0.717) is 0 Å². The van der Waals surface area contributed by atoms with Gasteiger partial charge in [0.05, 0.1) is 0 Å². The van der Waals surface area contributed by atoms with Gasteiger partial charge in [-0.15, -0.1) is 6.58 Å². The Bertz CT molecular complexity index is 414. The van der Waals surface area contributed by atoms with Crippen LogP contribution >= 0.6 is 0 Å². The summed E-state index contributed by atoms with van der Waals surface area (Å²) in [7, 11) is -5.28. The van der Waals surface area contributed by atoms with Gasteiger partial charge >= 0.3 is 11.9 Å². The summed E-state index contributed by atoms with van der Waals surface area (Å²) in [5, 5.41) is 17.3. The Hall–Kier alpha value is -1.45. The number of aliphatic carboxylic acids is 2. The molecule has 0 fully saturated rings. The molecule has 0 amide bonds. The highest BCUT2D eigenvalue weighted by Crippen LogP contribution is 2.25. The largest absolute Gasteiger partial charge is 0.481 e. The van der Waals surface area contributed by atoms with E-state index in [-0.39, 0.29) is 0 Å². The first kappa shape index (κ1) is 14.6. The smallest absolute Gasteiger partial charge is 0.343 e. The van der Waals surface area contributed by atoms with Gasteiger partial charge in [0, 0.05) is 0 Å². The quantitative estimate of drug-likeness (QED) is 0.343. The lowest BCUT2D eigenvalue weighted by Crippen LogP contribution is -2.61. The van der Waals surface area contributed by atoms with Crippen LogP contribution in [0.2, 0.25) is 0 Å². The van der Waals surface area contributed by atoms with E-state index in [0.717, 1.165) is 6.08 Å². The van der Waals surface area contributed by atoms with Crippen LogP contribution < -0.4 is 5.73 Å². The maximum atomic E-state index is 10.9. The maximum Gasteiger partial charge on any atom is 0.343 e. The van der Waals surface area contributed by atoms with Crippen LogP contribution in [0.5, 0.6) is 0 Å². The Labute approximate surface area is 91.1 Å². The van der Waals surface area contributed by atoms with Gasteiger partial charge in [0.1, 0.15) is 5.92 Å². The van der Waals surface area contributed by atoms with Gasteiger partial charge in [-0.1, -0.05) is 6.08 Å². The van der Waals surface area contributed by atoms with Crippen LogP contribution in [0.1, 0.15) is 6.42 Å². The second-order valence-corrected chi connectivity index (χ2v) is 4.61. The Kier molecular flexibility index (Phi) is 4.18. The first-order valence-corrected chi connectivity index (χ1v) is 5.36. The molecule has 0 bridgehead atoms. The minimum Gasteiger partial charge on any atom is -0.481 e. The van der Waals surface area contributed by atoms with Crippen molar-refractivity contribution in [3.63, 3.8) is 0 Å². The minimum absolute atomic E-state index is 0.516. The Morgan fingerprint density at radius 2 is 1.88 bits per heavy atom. The van der Waals surface area contributed by atoms with Crippen LogP contribution in [-0.4, -0.2) is 40.0 Å². The Morgan fingerprint density at radius 1 is 1.44 bits per heavy atom. The molecule has 0 aliphatic heterocycles. The number of carboxylic acid groups (broad SMARTS) is 2. The van der Waals surface area contributed by atoms with Gasteiger partial charge in [-0.2, -0.15) is 8.42 Å². The average molecular weight is 253 g/mol. The Balaban J connectivity index is 5.76. The first-order chi connectivity index (χ1) is 7.09. The number of rotatable bonds is 6. The molecule has 92 valence electrons. The number of hydrogen-bond acceptors (Lipinski definition) is 5. The summed E-state index contributed by atoms with van der Waals surface area (Å²) in [6.07, 6.45) is 0.479. The molecule has 0 aromatic heterocycles. The Morgan fingerprint density at radius 3 is 2.06 bits per heavy atom. The molecule has 0 aliphatic rings. The SMILES string of the molecule is C=CCC(C(=O)O)C(N)(C(=O)O)S(=O)(=O)O. The second kappa shape index (κ2) is 4.60. The highest BCUT2D eigenvalue weighted by molar-refractivity contribution is 7.88. The lowest BCUT2D eigenvalue weighted by Gasteiger charge is -2.26. The van der Waals surface area contributed by atoms with E-state index in [1.54, 1.807) is 0 Å². The van der Waals surface area contributed by atoms with Crippen molar-refractivity contribution in [2.75, 3.05) is 0 Å².